The maximum absolute atomic E-state index is 13.6. The molecule has 37 heavy (non-hydrogen) atoms. The van der Waals surface area contributed by atoms with E-state index < -0.39 is 29.4 Å². The lowest BCUT2D eigenvalue weighted by atomic mass is 9.89. The number of carbonyl (C=O) groups is 2. The summed E-state index contributed by atoms with van der Waals surface area (Å²) in [5.41, 5.74) is 3.39. The summed E-state index contributed by atoms with van der Waals surface area (Å²) in [4.78, 5) is 25.5. The van der Waals surface area contributed by atoms with Gasteiger partial charge in [-0.2, -0.15) is 0 Å². The van der Waals surface area contributed by atoms with Crippen LogP contribution in [0.4, 0.5) is 14.9 Å². The Morgan fingerprint density at radius 3 is 2.46 bits per heavy atom. The van der Waals surface area contributed by atoms with Gasteiger partial charge in [0, 0.05) is 5.56 Å². The molecule has 0 saturated heterocycles. The maximum Gasteiger partial charge on any atom is 0.412 e. The minimum atomic E-state index is -0.891. The van der Waals surface area contributed by atoms with Gasteiger partial charge in [0.1, 0.15) is 11.9 Å². The zero-order valence-corrected chi connectivity index (χ0v) is 21.4. The van der Waals surface area contributed by atoms with E-state index in [2.05, 4.69) is 5.32 Å². The van der Waals surface area contributed by atoms with Gasteiger partial charge in [-0.05, 0) is 66.3 Å². The first-order chi connectivity index (χ1) is 17.8. The number of ether oxygens (including phenoxy) is 1. The molecular weight excluding hydrogens is 513 g/mol. The molecule has 0 spiro atoms. The van der Waals surface area contributed by atoms with Crippen molar-refractivity contribution in [2.24, 2.45) is 0 Å². The van der Waals surface area contributed by atoms with Crippen LogP contribution in [0.25, 0.3) is 21.6 Å². The van der Waals surface area contributed by atoms with Crippen LogP contribution in [0.15, 0.2) is 78.9 Å². The van der Waals surface area contributed by atoms with Gasteiger partial charge >= 0.3 is 12.1 Å². The van der Waals surface area contributed by atoms with Crippen molar-refractivity contribution in [2.45, 2.75) is 31.3 Å². The summed E-state index contributed by atoms with van der Waals surface area (Å²) < 4.78 is 19.5. The second-order valence-electron chi connectivity index (χ2n) is 9.03. The molecule has 0 aliphatic heterocycles. The summed E-state index contributed by atoms with van der Waals surface area (Å²) in [5, 5.41) is 12.6. The van der Waals surface area contributed by atoms with Crippen LogP contribution >= 0.6 is 22.9 Å². The molecule has 0 radical (unpaired) electrons. The van der Waals surface area contributed by atoms with E-state index in [0.29, 0.717) is 38.9 Å². The quantitative estimate of drug-likeness (QED) is 0.249. The van der Waals surface area contributed by atoms with E-state index in [1.165, 1.54) is 23.5 Å². The van der Waals surface area contributed by atoms with Gasteiger partial charge in [-0.1, -0.05) is 66.2 Å². The number of anilines is 1. The first-order valence-corrected chi connectivity index (χ1v) is 12.9. The SMILES string of the molecule is CC(OC(=O)Nc1cc(Cl)sc1-c1cc(C2(C(=O)O)CC2)ccc1-c1ccccc1)c1cccc(F)c1. The minimum Gasteiger partial charge on any atom is -0.481 e. The number of carboxylic acid groups (broad SMARTS) is 1. The number of halogens is 2. The highest BCUT2D eigenvalue weighted by Crippen LogP contribution is 2.51. The van der Waals surface area contributed by atoms with Gasteiger partial charge in [0.2, 0.25) is 0 Å². The largest absolute Gasteiger partial charge is 0.481 e. The number of amides is 1. The van der Waals surface area contributed by atoms with Gasteiger partial charge in [0.15, 0.2) is 0 Å². The summed E-state index contributed by atoms with van der Waals surface area (Å²) >= 11 is 7.68. The lowest BCUT2D eigenvalue weighted by Gasteiger charge is -2.17. The van der Waals surface area contributed by atoms with Crippen LogP contribution in [0.2, 0.25) is 4.34 Å². The number of thiophene rings is 1. The molecular formula is C29H23ClFNO4S. The van der Waals surface area contributed by atoms with Crippen molar-refractivity contribution in [1.82, 2.24) is 0 Å². The number of carboxylic acids is 1. The monoisotopic (exact) mass is 535 g/mol. The average molecular weight is 536 g/mol. The minimum absolute atomic E-state index is 0.414. The zero-order valence-electron chi connectivity index (χ0n) is 19.8. The predicted molar refractivity (Wildman–Crippen MR) is 144 cm³/mol. The Kier molecular flexibility index (Phi) is 6.75. The Morgan fingerprint density at radius 2 is 1.78 bits per heavy atom. The zero-order chi connectivity index (χ0) is 26.2. The van der Waals surface area contributed by atoms with E-state index in [1.807, 2.05) is 48.5 Å². The van der Waals surface area contributed by atoms with Gasteiger partial charge in [-0.3, -0.25) is 10.1 Å². The number of hydrogen-bond donors (Lipinski definition) is 2. The molecule has 8 heteroatoms. The van der Waals surface area contributed by atoms with Crippen LogP contribution < -0.4 is 5.32 Å². The molecule has 1 atom stereocenters. The van der Waals surface area contributed by atoms with Gasteiger partial charge in [0.05, 0.1) is 20.3 Å². The average Bonchev–Trinajstić information content (AvgIpc) is 3.62. The summed E-state index contributed by atoms with van der Waals surface area (Å²) in [6, 6.07) is 22.9. The Morgan fingerprint density at radius 1 is 1.03 bits per heavy atom. The highest BCUT2D eigenvalue weighted by molar-refractivity contribution is 7.20. The van der Waals surface area contributed by atoms with E-state index in [-0.39, 0.29) is 0 Å². The Bertz CT molecular complexity index is 1480. The standard InChI is InChI=1S/C29H23ClFNO4S/c1-17(19-8-5-9-21(31)14-19)36-28(35)32-24-16-25(30)37-26(24)23-15-20(29(12-13-29)27(33)34)10-11-22(23)18-6-3-2-4-7-18/h2-11,14-17H,12-13H2,1H3,(H,32,35)(H,33,34). The van der Waals surface area contributed by atoms with Crippen LogP contribution in [0.3, 0.4) is 0 Å². The van der Waals surface area contributed by atoms with Crippen molar-refractivity contribution in [3.8, 4) is 21.6 Å². The fourth-order valence-corrected chi connectivity index (χ4v) is 5.64. The number of carbonyl (C=O) groups excluding carboxylic acids is 1. The molecule has 1 aliphatic rings. The highest BCUT2D eigenvalue weighted by atomic mass is 35.5. The first-order valence-electron chi connectivity index (χ1n) is 11.7. The van der Waals surface area contributed by atoms with Crippen LogP contribution in [0.1, 0.15) is 37.0 Å². The molecule has 1 aliphatic carbocycles. The van der Waals surface area contributed by atoms with Gasteiger partial charge in [0.25, 0.3) is 0 Å². The van der Waals surface area contributed by atoms with Crippen molar-refractivity contribution in [3.63, 3.8) is 0 Å². The van der Waals surface area contributed by atoms with E-state index in [4.69, 9.17) is 16.3 Å². The number of benzene rings is 3. The van der Waals surface area contributed by atoms with E-state index in [9.17, 15) is 19.1 Å². The molecule has 2 N–H and O–H groups in total. The summed E-state index contributed by atoms with van der Waals surface area (Å²) in [7, 11) is 0. The molecule has 3 aromatic carbocycles. The van der Waals surface area contributed by atoms with E-state index in [0.717, 1.165) is 16.7 Å². The molecule has 1 saturated carbocycles. The lowest BCUT2D eigenvalue weighted by Crippen LogP contribution is -2.19. The topological polar surface area (TPSA) is 75.6 Å². The molecule has 1 fully saturated rings. The summed E-state index contributed by atoms with van der Waals surface area (Å²) in [6.45, 7) is 1.66. The smallest absolute Gasteiger partial charge is 0.412 e. The number of rotatable bonds is 7. The molecule has 1 amide bonds. The molecule has 4 aromatic rings. The van der Waals surface area contributed by atoms with Gasteiger partial charge < -0.3 is 9.84 Å². The highest BCUT2D eigenvalue weighted by Gasteiger charge is 2.51. The van der Waals surface area contributed by atoms with Crippen molar-refractivity contribution in [2.75, 3.05) is 5.32 Å². The summed E-state index contributed by atoms with van der Waals surface area (Å²) in [5.74, 6) is -1.26. The van der Waals surface area contributed by atoms with Gasteiger partial charge in [-0.15, -0.1) is 11.3 Å². The fraction of sp³-hybridized carbons (Fsp3) is 0.172. The predicted octanol–water partition coefficient (Wildman–Crippen LogP) is 8.30. The van der Waals surface area contributed by atoms with Crippen LogP contribution in [0.5, 0.6) is 0 Å². The fourth-order valence-electron chi connectivity index (χ4n) is 4.43. The molecule has 1 heterocycles. The van der Waals surface area contributed by atoms with E-state index >= 15 is 0 Å². The first kappa shape index (κ1) is 25.0. The van der Waals surface area contributed by atoms with Crippen LogP contribution in [0, 0.1) is 5.82 Å². The molecule has 1 unspecified atom stereocenters. The van der Waals surface area contributed by atoms with Gasteiger partial charge in [-0.25, -0.2) is 9.18 Å². The Balaban J connectivity index is 1.51. The number of aliphatic carboxylic acids is 1. The van der Waals surface area contributed by atoms with Crippen molar-refractivity contribution < 1.29 is 23.8 Å². The van der Waals surface area contributed by atoms with E-state index in [1.54, 1.807) is 25.1 Å². The maximum atomic E-state index is 13.6. The molecule has 5 rings (SSSR count). The Labute approximate surface area is 222 Å². The van der Waals surface area contributed by atoms with Crippen molar-refractivity contribution >= 4 is 40.7 Å². The van der Waals surface area contributed by atoms with Crippen LogP contribution in [-0.2, 0) is 14.9 Å². The van der Waals surface area contributed by atoms with Crippen molar-refractivity contribution in [1.29, 1.82) is 0 Å². The molecule has 5 nitrogen and oxygen atoms in total. The van der Waals surface area contributed by atoms with Crippen LogP contribution in [-0.4, -0.2) is 17.2 Å². The third kappa shape index (κ3) is 5.10. The molecule has 0 bridgehead atoms. The Hall–Kier alpha value is -3.68. The second-order valence-corrected chi connectivity index (χ2v) is 10.7. The van der Waals surface area contributed by atoms with Crippen molar-refractivity contribution in [3.05, 3.63) is 100 Å². The number of nitrogens with one attached hydrogen (secondary N) is 1. The summed E-state index contributed by atoms with van der Waals surface area (Å²) in [6.07, 6.45) is -0.240. The lowest BCUT2D eigenvalue weighted by molar-refractivity contribution is -0.140. The second kappa shape index (κ2) is 10.00. The third-order valence-corrected chi connectivity index (χ3v) is 7.90. The number of hydrogen-bond acceptors (Lipinski definition) is 4. The normalized spacial score (nSPS) is 14.6. The molecule has 188 valence electrons. The third-order valence-electron chi connectivity index (χ3n) is 6.60. The molecule has 1 aromatic heterocycles.